The maximum atomic E-state index is 10.2. The number of carbonyl (C=O) groups is 2. The molecule has 172 valence electrons. The lowest BCUT2D eigenvalue weighted by Crippen LogP contribution is -1.93. The fraction of sp³-hybridized carbons (Fsp3) is 0.900. The smallest absolute Gasteiger partial charge is 0.303 e. The summed E-state index contributed by atoms with van der Waals surface area (Å²) in [7, 11) is 0. The number of carboxylic acid groups (broad SMARTS) is 2. The minimum Gasteiger partial charge on any atom is -0.481 e. The monoisotopic (exact) mass is 426 g/mol. The molecule has 0 aliphatic rings. The summed E-state index contributed by atoms with van der Waals surface area (Å²) in [6.07, 6.45) is 15.1. The van der Waals surface area contributed by atoms with Crippen LogP contribution >= 0.6 is 0 Å². The molecule has 0 unspecified atom stereocenters. The van der Waals surface area contributed by atoms with Gasteiger partial charge in [-0.25, -0.2) is 0 Å². The van der Waals surface area contributed by atoms with Gasteiger partial charge in [0.1, 0.15) is 0 Å². The molecule has 0 aliphatic heterocycles. The largest absolute Gasteiger partial charge is 0.481 e. The Bertz CT molecular complexity index is 455. The molecule has 0 aromatic rings. The molecule has 0 aromatic heterocycles. The maximum Gasteiger partial charge on any atom is 0.303 e. The van der Waals surface area contributed by atoms with E-state index < -0.39 is 11.9 Å². The second-order valence-electron chi connectivity index (χ2n) is 7.15. The lowest BCUT2D eigenvalue weighted by atomic mass is 10.1. The molecule has 10 nitrogen and oxygen atoms in total. The highest BCUT2D eigenvalue weighted by atomic mass is 16.4. The summed E-state index contributed by atoms with van der Waals surface area (Å²) in [6, 6.07) is 0. The van der Waals surface area contributed by atoms with E-state index in [-0.39, 0.29) is 12.8 Å². The van der Waals surface area contributed by atoms with Crippen LogP contribution in [0.1, 0.15) is 103 Å². The summed E-state index contributed by atoms with van der Waals surface area (Å²) in [4.78, 5) is 25.8. The van der Waals surface area contributed by atoms with Crippen LogP contribution in [0.2, 0.25) is 0 Å². The summed E-state index contributed by atoms with van der Waals surface area (Å²) >= 11 is 0. The van der Waals surface area contributed by atoms with Crippen molar-refractivity contribution in [3.8, 4) is 0 Å². The summed E-state index contributed by atoms with van der Waals surface area (Å²) < 4.78 is 0. The van der Waals surface area contributed by atoms with Crippen molar-refractivity contribution in [3.05, 3.63) is 20.9 Å². The van der Waals surface area contributed by atoms with E-state index in [1.54, 1.807) is 0 Å². The Kier molecular flexibility index (Phi) is 26.3. The molecule has 0 amide bonds. The van der Waals surface area contributed by atoms with Crippen LogP contribution in [-0.2, 0) is 9.59 Å². The molecule has 30 heavy (non-hydrogen) atoms. The van der Waals surface area contributed by atoms with Gasteiger partial charge in [-0.3, -0.25) is 9.59 Å². The zero-order valence-corrected chi connectivity index (χ0v) is 18.1. The predicted molar refractivity (Wildman–Crippen MR) is 117 cm³/mol. The number of rotatable bonds is 20. The van der Waals surface area contributed by atoms with E-state index in [1.807, 2.05) is 0 Å². The standard InChI is InChI=1S/2C10H19N3O2/c2*11-13-12-9-7-5-3-1-2-4-6-8-10(14)15/h2*1-9H2,(H,14,15). The normalized spacial score (nSPS) is 9.60. The van der Waals surface area contributed by atoms with E-state index in [2.05, 4.69) is 20.1 Å². The van der Waals surface area contributed by atoms with Crippen LogP contribution in [0.3, 0.4) is 0 Å². The molecule has 0 spiro atoms. The Morgan fingerprint density at radius 3 is 1.07 bits per heavy atom. The SMILES string of the molecule is [N-]=[N+]=NCCCCCCCCCC(=O)O.[N-]=[N+]=NCCCCCCCCCC(=O)O. The van der Waals surface area contributed by atoms with Crippen LogP contribution in [-0.4, -0.2) is 35.2 Å². The number of hydrogen-bond acceptors (Lipinski definition) is 4. The third-order valence-corrected chi connectivity index (χ3v) is 4.42. The van der Waals surface area contributed by atoms with Crippen LogP contribution < -0.4 is 0 Å². The molecule has 0 saturated carbocycles. The van der Waals surface area contributed by atoms with Crippen LogP contribution in [0.4, 0.5) is 0 Å². The number of azide groups is 2. The zero-order chi connectivity index (χ0) is 22.7. The van der Waals surface area contributed by atoms with E-state index >= 15 is 0 Å². The molecule has 0 atom stereocenters. The lowest BCUT2D eigenvalue weighted by Gasteiger charge is -1.99. The highest BCUT2D eigenvalue weighted by molar-refractivity contribution is 5.66. The Balaban J connectivity index is 0. The first-order valence-corrected chi connectivity index (χ1v) is 11.0. The highest BCUT2D eigenvalue weighted by Gasteiger charge is 1.97. The van der Waals surface area contributed by atoms with Gasteiger partial charge in [-0.2, -0.15) is 0 Å². The lowest BCUT2D eigenvalue weighted by molar-refractivity contribution is -0.138. The van der Waals surface area contributed by atoms with E-state index in [9.17, 15) is 9.59 Å². The first kappa shape index (κ1) is 29.8. The first-order chi connectivity index (χ1) is 14.5. The Morgan fingerprint density at radius 2 is 0.800 bits per heavy atom. The van der Waals surface area contributed by atoms with Gasteiger partial charge in [-0.1, -0.05) is 74.4 Å². The number of unbranched alkanes of at least 4 members (excludes halogenated alkanes) is 12. The Morgan fingerprint density at radius 1 is 0.533 bits per heavy atom. The van der Waals surface area contributed by atoms with Gasteiger partial charge in [-0.15, -0.1) is 0 Å². The fourth-order valence-corrected chi connectivity index (χ4v) is 2.77. The van der Waals surface area contributed by atoms with Gasteiger partial charge < -0.3 is 10.2 Å². The van der Waals surface area contributed by atoms with E-state index in [1.165, 1.54) is 0 Å². The molecule has 2 N–H and O–H groups in total. The number of carboxylic acids is 2. The van der Waals surface area contributed by atoms with E-state index in [0.29, 0.717) is 13.1 Å². The van der Waals surface area contributed by atoms with Crippen molar-refractivity contribution in [2.45, 2.75) is 103 Å². The van der Waals surface area contributed by atoms with Crippen LogP contribution in [0.25, 0.3) is 20.9 Å². The van der Waals surface area contributed by atoms with Crippen LogP contribution in [0.5, 0.6) is 0 Å². The average molecular weight is 427 g/mol. The van der Waals surface area contributed by atoms with Gasteiger partial charge in [0.2, 0.25) is 0 Å². The van der Waals surface area contributed by atoms with E-state index in [0.717, 1.165) is 89.9 Å². The average Bonchev–Trinajstić information content (AvgIpc) is 2.71. The minimum atomic E-state index is -0.704. The minimum absolute atomic E-state index is 0.289. The molecule has 0 aromatic carbocycles. The molecule has 0 aliphatic carbocycles. The number of hydrogen-bond donors (Lipinski definition) is 2. The summed E-state index contributed by atoms with van der Waals surface area (Å²) in [5, 5.41) is 23.7. The van der Waals surface area contributed by atoms with Gasteiger partial charge in [0.25, 0.3) is 0 Å². The van der Waals surface area contributed by atoms with Gasteiger partial charge in [0.15, 0.2) is 0 Å². The van der Waals surface area contributed by atoms with E-state index in [4.69, 9.17) is 21.3 Å². The molecule has 0 saturated heterocycles. The summed E-state index contributed by atoms with van der Waals surface area (Å²) in [5.74, 6) is -1.41. The molecule has 0 heterocycles. The Labute approximate surface area is 179 Å². The van der Waals surface area contributed by atoms with Crippen molar-refractivity contribution < 1.29 is 19.8 Å². The van der Waals surface area contributed by atoms with Crippen molar-refractivity contribution in [1.82, 2.24) is 0 Å². The van der Waals surface area contributed by atoms with Crippen molar-refractivity contribution >= 4 is 11.9 Å². The molecule has 0 radical (unpaired) electrons. The van der Waals surface area contributed by atoms with Crippen LogP contribution in [0.15, 0.2) is 10.2 Å². The van der Waals surface area contributed by atoms with Crippen molar-refractivity contribution in [2.24, 2.45) is 10.2 Å². The maximum absolute atomic E-state index is 10.2. The van der Waals surface area contributed by atoms with Gasteiger partial charge in [0, 0.05) is 35.8 Å². The quantitative estimate of drug-likeness (QED) is 0.0922. The number of aliphatic carboxylic acids is 2. The summed E-state index contributed by atoms with van der Waals surface area (Å²) in [5.41, 5.74) is 16.0. The highest BCUT2D eigenvalue weighted by Crippen LogP contribution is 2.09. The van der Waals surface area contributed by atoms with Crippen molar-refractivity contribution in [2.75, 3.05) is 13.1 Å². The second kappa shape index (κ2) is 26.6. The fourth-order valence-electron chi connectivity index (χ4n) is 2.77. The second-order valence-corrected chi connectivity index (χ2v) is 7.15. The molecule has 10 heteroatoms. The molecular weight excluding hydrogens is 388 g/mol. The predicted octanol–water partition coefficient (Wildman–Crippen LogP) is 7.00. The topological polar surface area (TPSA) is 172 Å². The third-order valence-electron chi connectivity index (χ3n) is 4.42. The molecule has 0 rings (SSSR count). The van der Waals surface area contributed by atoms with Crippen molar-refractivity contribution in [3.63, 3.8) is 0 Å². The van der Waals surface area contributed by atoms with Gasteiger partial charge in [0.05, 0.1) is 0 Å². The molecule has 0 bridgehead atoms. The van der Waals surface area contributed by atoms with Gasteiger partial charge >= 0.3 is 11.9 Å². The molecule has 0 fully saturated rings. The Hall–Kier alpha value is -2.44. The molecular formula is C20H38N6O4. The zero-order valence-electron chi connectivity index (χ0n) is 18.1. The summed E-state index contributed by atoms with van der Waals surface area (Å²) in [6.45, 7) is 1.19. The van der Waals surface area contributed by atoms with Crippen molar-refractivity contribution in [1.29, 1.82) is 0 Å². The van der Waals surface area contributed by atoms with Crippen LogP contribution in [0, 0.1) is 0 Å². The first-order valence-electron chi connectivity index (χ1n) is 11.0. The van der Waals surface area contributed by atoms with Gasteiger partial charge in [-0.05, 0) is 36.7 Å². The third kappa shape index (κ3) is 33.2. The number of nitrogens with zero attached hydrogens (tertiary/aromatic N) is 6.